The van der Waals surface area contributed by atoms with Crippen LogP contribution in [-0.4, -0.2) is 43.8 Å². The first kappa shape index (κ1) is 14.1. The van der Waals surface area contributed by atoms with E-state index in [9.17, 15) is 0 Å². The van der Waals surface area contributed by atoms with E-state index in [-0.39, 0.29) is 0 Å². The van der Waals surface area contributed by atoms with Crippen LogP contribution in [0.2, 0.25) is 29.6 Å². The summed E-state index contributed by atoms with van der Waals surface area (Å²) in [6.07, 6.45) is 0.933. The Morgan fingerprint density at radius 1 is 1.00 bits per heavy atom. The molecular weight excluding hydrogens is 374 g/mol. The molecule has 0 unspecified atom stereocenters. The van der Waals surface area contributed by atoms with Gasteiger partial charge in [-0.2, -0.15) is 0 Å². The van der Waals surface area contributed by atoms with Crippen molar-refractivity contribution in [3.05, 3.63) is 0 Å². The summed E-state index contributed by atoms with van der Waals surface area (Å²) in [6.45, 7) is 0.856. The molecule has 0 spiro atoms. The molecule has 0 saturated heterocycles. The van der Waals surface area contributed by atoms with Gasteiger partial charge >= 0.3 is 92.8 Å². The Bertz CT molecular complexity index is 200. The molecule has 0 aliphatic carbocycles. The molecule has 0 amide bonds. The molecule has 0 aromatic rings. The van der Waals surface area contributed by atoms with Crippen molar-refractivity contribution >= 4 is 37.2 Å². The Morgan fingerprint density at radius 3 is 1.92 bits per heavy atom. The summed E-state index contributed by atoms with van der Waals surface area (Å²) in [7, 11) is 0. The molecule has 0 bridgehead atoms. The molecule has 0 saturated carbocycles. The first-order chi connectivity index (χ1) is 5.71. The van der Waals surface area contributed by atoms with E-state index >= 15 is 0 Å². The fourth-order valence-electron chi connectivity index (χ4n) is 0.736. The molecule has 0 N–H and O–H groups in total. The van der Waals surface area contributed by atoms with Crippen LogP contribution >= 0.6 is 0 Å². The molecule has 0 aromatic carbocycles. The van der Waals surface area contributed by atoms with Gasteiger partial charge in [-0.1, -0.05) is 0 Å². The van der Waals surface area contributed by atoms with E-state index in [4.69, 9.17) is 3.07 Å². The van der Waals surface area contributed by atoms with Gasteiger partial charge in [-0.05, 0) is 0 Å². The number of hydrogen-bond acceptors (Lipinski definition) is 1. The van der Waals surface area contributed by atoms with Gasteiger partial charge in [0.15, 0.2) is 0 Å². The van der Waals surface area contributed by atoms with Crippen molar-refractivity contribution in [2.45, 2.75) is 36.1 Å². The second-order valence-electron chi connectivity index (χ2n) is 5.26. The van der Waals surface area contributed by atoms with Crippen LogP contribution in [-0.2, 0) is 3.07 Å². The fraction of sp³-hybridized carbons (Fsp3) is 0.800. The predicted molar refractivity (Wildman–Crippen MR) is 65.0 cm³/mol. The van der Waals surface area contributed by atoms with Gasteiger partial charge in [-0.3, -0.25) is 0 Å². The molecular formula is C10H22OSn2. The standard InChI is InChI=1S/C4H4O.6CH3.2Sn/c1-2-3-4-5;;;;;;;;/h3-4H2;6*1H3;;/q-1;;;;;;;;+1. The van der Waals surface area contributed by atoms with Gasteiger partial charge in [-0.15, -0.1) is 0 Å². The van der Waals surface area contributed by atoms with Gasteiger partial charge in [0.05, 0.1) is 0 Å². The molecule has 0 aliphatic rings. The summed E-state index contributed by atoms with van der Waals surface area (Å²) in [6, 6.07) is 0. The van der Waals surface area contributed by atoms with Gasteiger partial charge < -0.3 is 0 Å². The van der Waals surface area contributed by atoms with Crippen LogP contribution in [0.4, 0.5) is 0 Å². The zero-order chi connectivity index (χ0) is 10.5. The Balaban J connectivity index is 3.62. The topological polar surface area (TPSA) is 9.23 Å². The van der Waals surface area contributed by atoms with E-state index in [2.05, 4.69) is 39.5 Å². The first-order valence-corrected chi connectivity index (χ1v) is 24.6. The normalized spacial score (nSPS) is 12.2. The monoisotopic (exact) mass is 398 g/mol. The molecule has 13 heavy (non-hydrogen) atoms. The minimum atomic E-state index is -1.96. The van der Waals surface area contributed by atoms with Crippen LogP contribution in [0.5, 0.6) is 0 Å². The van der Waals surface area contributed by atoms with E-state index in [1.54, 1.807) is 0 Å². The van der Waals surface area contributed by atoms with Crippen LogP contribution in [0.3, 0.4) is 0 Å². The summed E-state index contributed by atoms with van der Waals surface area (Å²) in [4.78, 5) is 13.9. The van der Waals surface area contributed by atoms with Crippen molar-refractivity contribution in [3.8, 4) is 9.86 Å². The van der Waals surface area contributed by atoms with Crippen LogP contribution < -0.4 is 0 Å². The van der Waals surface area contributed by atoms with E-state index in [1.807, 2.05) is 0 Å². The van der Waals surface area contributed by atoms with Crippen molar-refractivity contribution < 1.29 is 3.07 Å². The third-order valence-corrected chi connectivity index (χ3v) is 6.92. The minimum absolute atomic E-state index is 0.856. The van der Waals surface area contributed by atoms with Crippen LogP contribution in [0, 0.1) is 9.86 Å². The average molecular weight is 396 g/mol. The van der Waals surface area contributed by atoms with Crippen LogP contribution in [0.1, 0.15) is 6.42 Å². The van der Waals surface area contributed by atoms with E-state index in [0.29, 0.717) is 0 Å². The van der Waals surface area contributed by atoms with Crippen LogP contribution in [0.25, 0.3) is 0 Å². The number of rotatable bonds is 3. The molecule has 0 fully saturated rings. The SMILES string of the molecule is [CH3][Sn]([CH3])([CH3])[C]#CCC[O][Sn]([CH3])([CH3])[CH3]. The molecule has 1 nitrogen and oxygen atoms in total. The third kappa shape index (κ3) is 13.1. The molecule has 0 aliphatic heterocycles. The molecule has 0 radical (unpaired) electrons. The molecule has 3 heteroatoms. The van der Waals surface area contributed by atoms with Crippen molar-refractivity contribution in [3.63, 3.8) is 0 Å². The van der Waals surface area contributed by atoms with Crippen LogP contribution in [0.15, 0.2) is 0 Å². The summed E-state index contributed by atoms with van der Waals surface area (Å²) in [5, 5.41) is 0. The van der Waals surface area contributed by atoms with Crippen molar-refractivity contribution in [2.24, 2.45) is 0 Å². The third-order valence-electron chi connectivity index (χ3n) is 1.23. The fourth-order valence-corrected chi connectivity index (χ4v) is 4.65. The Hall–Kier alpha value is 1.12. The quantitative estimate of drug-likeness (QED) is 0.405. The summed E-state index contributed by atoms with van der Waals surface area (Å²) in [5.74, 6) is 3.25. The first-order valence-electron chi connectivity index (χ1n) is 4.85. The Labute approximate surface area is 91.9 Å². The van der Waals surface area contributed by atoms with E-state index in [1.165, 1.54) is 0 Å². The Morgan fingerprint density at radius 2 is 1.54 bits per heavy atom. The second kappa shape index (κ2) is 5.87. The van der Waals surface area contributed by atoms with Gasteiger partial charge in [0, 0.05) is 0 Å². The van der Waals surface area contributed by atoms with E-state index in [0.717, 1.165) is 13.0 Å². The van der Waals surface area contributed by atoms with Crippen molar-refractivity contribution in [1.29, 1.82) is 0 Å². The van der Waals surface area contributed by atoms with E-state index < -0.39 is 37.2 Å². The second-order valence-corrected chi connectivity index (χ2v) is 31.7. The zero-order valence-corrected chi connectivity index (χ0v) is 15.5. The summed E-state index contributed by atoms with van der Waals surface area (Å²) >= 11 is -3.77. The molecule has 0 rings (SSSR count). The Kier molecular flexibility index (Phi) is 6.37. The van der Waals surface area contributed by atoms with Gasteiger partial charge in [0.2, 0.25) is 0 Å². The maximum atomic E-state index is 5.77. The molecule has 0 atom stereocenters. The molecule has 0 heterocycles. The number of hydrogen-bond donors (Lipinski definition) is 0. The predicted octanol–water partition coefficient (Wildman–Crippen LogP) is 3.11. The van der Waals surface area contributed by atoms with Gasteiger partial charge in [-0.25, -0.2) is 0 Å². The average Bonchev–Trinajstić information content (AvgIpc) is 1.81. The van der Waals surface area contributed by atoms with Gasteiger partial charge in [0.25, 0.3) is 0 Å². The summed E-state index contributed by atoms with van der Waals surface area (Å²) in [5.41, 5.74) is 0. The van der Waals surface area contributed by atoms with Crippen molar-refractivity contribution in [1.82, 2.24) is 0 Å². The van der Waals surface area contributed by atoms with Gasteiger partial charge in [0.1, 0.15) is 0 Å². The molecule has 0 aromatic heterocycles. The molecule has 76 valence electrons. The summed E-state index contributed by atoms with van der Waals surface area (Å²) < 4.78 is 9.19. The zero-order valence-electron chi connectivity index (χ0n) is 9.82. The maximum absolute atomic E-state index is 5.77. The van der Waals surface area contributed by atoms with Crippen molar-refractivity contribution in [2.75, 3.05) is 6.61 Å².